The molecule has 5 rings (SSSR count). The summed E-state index contributed by atoms with van der Waals surface area (Å²) in [4.78, 5) is 25.2. The van der Waals surface area contributed by atoms with Gasteiger partial charge in [-0.25, -0.2) is 9.97 Å². The topological polar surface area (TPSA) is 70.7 Å². The van der Waals surface area contributed by atoms with Gasteiger partial charge in [-0.1, -0.05) is 48.5 Å². The maximum atomic E-state index is 12.5. The molecule has 0 aliphatic rings. The second-order valence-electron chi connectivity index (χ2n) is 6.46. The van der Waals surface area contributed by atoms with Gasteiger partial charge in [0.05, 0.1) is 11.0 Å². The number of amides is 1. The van der Waals surface area contributed by atoms with Gasteiger partial charge in [-0.05, 0) is 29.8 Å². The van der Waals surface area contributed by atoms with Crippen molar-refractivity contribution < 1.29 is 4.79 Å². The minimum absolute atomic E-state index is 0.124. The lowest BCUT2D eigenvalue weighted by molar-refractivity contribution is 0.0951. The first-order valence-corrected chi connectivity index (χ1v) is 8.78. The molecule has 0 saturated heterocycles. The predicted molar refractivity (Wildman–Crippen MR) is 107 cm³/mol. The molecule has 27 heavy (non-hydrogen) atoms. The summed E-state index contributed by atoms with van der Waals surface area (Å²) < 4.78 is 0. The van der Waals surface area contributed by atoms with Crippen LogP contribution in [0.4, 0.5) is 0 Å². The van der Waals surface area contributed by atoms with Crippen molar-refractivity contribution in [2.75, 3.05) is 0 Å². The minimum atomic E-state index is -0.124. The SMILES string of the molecule is O=C(NCc1ccccc1)c1ccc2nc3[nH]c4ccccc4c3nc2c1. The summed E-state index contributed by atoms with van der Waals surface area (Å²) in [6.07, 6.45) is 0. The molecule has 0 radical (unpaired) electrons. The number of rotatable bonds is 3. The third-order valence-corrected chi connectivity index (χ3v) is 4.66. The van der Waals surface area contributed by atoms with Crippen LogP contribution in [0.3, 0.4) is 0 Å². The third-order valence-electron chi connectivity index (χ3n) is 4.66. The van der Waals surface area contributed by atoms with E-state index in [2.05, 4.69) is 15.3 Å². The number of aromatic nitrogens is 3. The van der Waals surface area contributed by atoms with Crippen molar-refractivity contribution in [1.82, 2.24) is 20.3 Å². The van der Waals surface area contributed by atoms with E-state index in [1.54, 1.807) is 12.1 Å². The molecule has 130 valence electrons. The lowest BCUT2D eigenvalue weighted by Gasteiger charge is -2.06. The van der Waals surface area contributed by atoms with Crippen LogP contribution in [0.2, 0.25) is 0 Å². The van der Waals surface area contributed by atoms with Gasteiger partial charge in [0.1, 0.15) is 5.52 Å². The number of nitrogens with zero attached hydrogens (tertiary/aromatic N) is 2. The van der Waals surface area contributed by atoms with Crippen molar-refractivity contribution in [3.8, 4) is 0 Å². The fourth-order valence-corrected chi connectivity index (χ4v) is 3.28. The standard InChI is InChI=1S/C22H16N4O/c27-22(23-13-14-6-2-1-3-7-14)15-10-11-18-19(12-15)24-20-16-8-4-5-9-17(16)25-21(20)26-18/h1-12H,13H2,(H,23,27)(H,25,26). The van der Waals surface area contributed by atoms with E-state index in [1.165, 1.54) is 0 Å². The van der Waals surface area contributed by atoms with Crippen molar-refractivity contribution in [3.63, 3.8) is 0 Å². The lowest BCUT2D eigenvalue weighted by atomic mass is 10.1. The molecule has 3 aromatic carbocycles. The summed E-state index contributed by atoms with van der Waals surface area (Å²) >= 11 is 0. The highest BCUT2D eigenvalue weighted by atomic mass is 16.1. The maximum Gasteiger partial charge on any atom is 0.251 e. The zero-order valence-corrected chi connectivity index (χ0v) is 14.4. The van der Waals surface area contributed by atoms with Gasteiger partial charge in [0.25, 0.3) is 5.91 Å². The largest absolute Gasteiger partial charge is 0.348 e. The van der Waals surface area contributed by atoms with Gasteiger partial charge < -0.3 is 10.3 Å². The Morgan fingerprint density at radius 3 is 2.59 bits per heavy atom. The molecular weight excluding hydrogens is 336 g/mol. The van der Waals surface area contributed by atoms with Gasteiger partial charge in [-0.15, -0.1) is 0 Å². The number of hydrogen-bond acceptors (Lipinski definition) is 3. The fourth-order valence-electron chi connectivity index (χ4n) is 3.28. The Kier molecular flexibility index (Phi) is 3.57. The van der Waals surface area contributed by atoms with Crippen molar-refractivity contribution in [2.45, 2.75) is 6.54 Å². The quantitative estimate of drug-likeness (QED) is 0.511. The van der Waals surface area contributed by atoms with Crippen LogP contribution in [-0.2, 0) is 6.54 Å². The van der Waals surface area contributed by atoms with Crippen LogP contribution >= 0.6 is 0 Å². The van der Waals surface area contributed by atoms with E-state index in [0.717, 1.165) is 33.1 Å². The Morgan fingerprint density at radius 2 is 1.70 bits per heavy atom. The molecular formula is C22H16N4O. The van der Waals surface area contributed by atoms with Crippen molar-refractivity contribution >= 4 is 39.0 Å². The lowest BCUT2D eigenvalue weighted by Crippen LogP contribution is -2.22. The summed E-state index contributed by atoms with van der Waals surface area (Å²) in [6, 6.07) is 23.2. The van der Waals surface area contributed by atoms with Gasteiger partial charge in [0, 0.05) is 23.0 Å². The number of nitrogens with one attached hydrogen (secondary N) is 2. The van der Waals surface area contributed by atoms with Gasteiger partial charge in [-0.2, -0.15) is 0 Å². The van der Waals surface area contributed by atoms with Crippen LogP contribution in [0, 0.1) is 0 Å². The average molecular weight is 352 g/mol. The molecule has 0 aliphatic heterocycles. The molecule has 0 fully saturated rings. The maximum absolute atomic E-state index is 12.5. The molecule has 5 aromatic rings. The Morgan fingerprint density at radius 1 is 0.889 bits per heavy atom. The van der Waals surface area contributed by atoms with Gasteiger partial charge >= 0.3 is 0 Å². The van der Waals surface area contributed by atoms with Gasteiger partial charge in [-0.3, -0.25) is 4.79 Å². The van der Waals surface area contributed by atoms with Gasteiger partial charge in [0.15, 0.2) is 5.65 Å². The first kappa shape index (κ1) is 15.5. The smallest absolute Gasteiger partial charge is 0.251 e. The first-order valence-electron chi connectivity index (χ1n) is 8.78. The number of aromatic amines is 1. The molecule has 0 saturated carbocycles. The zero-order valence-electron chi connectivity index (χ0n) is 14.4. The third kappa shape index (κ3) is 2.79. The highest BCUT2D eigenvalue weighted by Gasteiger charge is 2.11. The molecule has 0 unspecified atom stereocenters. The summed E-state index contributed by atoms with van der Waals surface area (Å²) in [5, 5.41) is 3.98. The number of fused-ring (bicyclic) bond motifs is 4. The number of para-hydroxylation sites is 1. The summed E-state index contributed by atoms with van der Waals surface area (Å²) in [5.74, 6) is -0.124. The van der Waals surface area contributed by atoms with E-state index in [-0.39, 0.29) is 5.91 Å². The van der Waals surface area contributed by atoms with Gasteiger partial charge in [0.2, 0.25) is 0 Å². The first-order chi connectivity index (χ1) is 13.3. The van der Waals surface area contributed by atoms with E-state index in [9.17, 15) is 4.79 Å². The van der Waals surface area contributed by atoms with Crippen LogP contribution < -0.4 is 5.32 Å². The molecule has 0 spiro atoms. The monoisotopic (exact) mass is 352 g/mol. The molecule has 5 heteroatoms. The summed E-state index contributed by atoms with van der Waals surface area (Å²) in [6.45, 7) is 0.491. The number of carbonyl (C=O) groups is 1. The second-order valence-corrected chi connectivity index (χ2v) is 6.46. The van der Waals surface area contributed by atoms with E-state index < -0.39 is 0 Å². The van der Waals surface area contributed by atoms with Crippen LogP contribution in [-0.4, -0.2) is 20.9 Å². The normalized spacial score (nSPS) is 11.3. The molecule has 2 N–H and O–H groups in total. The fraction of sp³-hybridized carbons (Fsp3) is 0.0455. The van der Waals surface area contributed by atoms with Crippen LogP contribution in [0.1, 0.15) is 15.9 Å². The minimum Gasteiger partial charge on any atom is -0.348 e. The second kappa shape index (κ2) is 6.21. The highest BCUT2D eigenvalue weighted by molar-refractivity contribution is 6.06. The Balaban J connectivity index is 1.51. The van der Waals surface area contributed by atoms with E-state index >= 15 is 0 Å². The van der Waals surface area contributed by atoms with E-state index in [0.29, 0.717) is 17.6 Å². The molecule has 1 amide bonds. The van der Waals surface area contributed by atoms with Crippen molar-refractivity contribution in [3.05, 3.63) is 83.9 Å². The van der Waals surface area contributed by atoms with Crippen molar-refractivity contribution in [1.29, 1.82) is 0 Å². The summed E-state index contributed by atoms with van der Waals surface area (Å²) in [7, 11) is 0. The number of carbonyl (C=O) groups excluding carboxylic acids is 1. The van der Waals surface area contributed by atoms with E-state index in [1.807, 2.05) is 60.7 Å². The predicted octanol–water partition coefficient (Wildman–Crippen LogP) is 4.19. The Hall–Kier alpha value is -3.73. The van der Waals surface area contributed by atoms with Crippen LogP contribution in [0.5, 0.6) is 0 Å². The molecule has 5 nitrogen and oxygen atoms in total. The number of H-pyrrole nitrogens is 1. The highest BCUT2D eigenvalue weighted by Crippen LogP contribution is 2.24. The zero-order chi connectivity index (χ0) is 18.2. The molecule has 2 heterocycles. The number of hydrogen-bond donors (Lipinski definition) is 2. The molecule has 0 atom stereocenters. The number of benzene rings is 3. The Labute approximate surface area is 155 Å². The van der Waals surface area contributed by atoms with Crippen LogP contribution in [0.25, 0.3) is 33.1 Å². The molecule has 0 aliphatic carbocycles. The average Bonchev–Trinajstić information content (AvgIpc) is 3.08. The Bertz CT molecular complexity index is 1290. The van der Waals surface area contributed by atoms with Crippen molar-refractivity contribution in [2.24, 2.45) is 0 Å². The van der Waals surface area contributed by atoms with Crippen LogP contribution in [0.15, 0.2) is 72.8 Å². The summed E-state index contributed by atoms with van der Waals surface area (Å²) in [5.41, 5.74) is 5.68. The molecule has 2 aromatic heterocycles. The van der Waals surface area contributed by atoms with E-state index in [4.69, 9.17) is 4.98 Å². The molecule has 0 bridgehead atoms.